The normalized spacial score (nSPS) is 16.4. The van der Waals surface area contributed by atoms with Crippen molar-refractivity contribution in [3.63, 3.8) is 0 Å². The number of carbonyl (C=O) groups is 2. The van der Waals surface area contributed by atoms with E-state index in [9.17, 15) is 22.8 Å². The molecule has 1 heterocycles. The van der Waals surface area contributed by atoms with E-state index in [1.807, 2.05) is 0 Å². The van der Waals surface area contributed by atoms with Gasteiger partial charge in [0.1, 0.15) is 6.54 Å². The number of alkyl halides is 3. The molecule has 0 radical (unpaired) electrons. The molecule has 1 aliphatic heterocycles. The summed E-state index contributed by atoms with van der Waals surface area (Å²) in [7, 11) is 0. The van der Waals surface area contributed by atoms with E-state index in [2.05, 4.69) is 0 Å². The van der Waals surface area contributed by atoms with E-state index in [-0.39, 0.29) is 10.6 Å². The van der Waals surface area contributed by atoms with Crippen molar-refractivity contribution >= 4 is 29.1 Å². The zero-order valence-electron chi connectivity index (χ0n) is 13.6. The Morgan fingerprint density at radius 1 is 1.23 bits per heavy atom. The molecule has 0 unspecified atom stereocenters. The summed E-state index contributed by atoms with van der Waals surface area (Å²) in [6.45, 7) is -0.0338. The van der Waals surface area contributed by atoms with Crippen molar-refractivity contribution in [2.24, 2.45) is 0 Å². The molecule has 1 saturated heterocycles. The Kier molecular flexibility index (Phi) is 6.66. The van der Waals surface area contributed by atoms with Crippen LogP contribution in [0.5, 0.6) is 0 Å². The average molecular weight is 392 g/mol. The van der Waals surface area contributed by atoms with E-state index in [0.29, 0.717) is 32.1 Å². The fraction of sp³-hybridized carbons (Fsp3) is 0.412. The number of carboxylic acids is 1. The van der Waals surface area contributed by atoms with Gasteiger partial charge in [0.05, 0.1) is 5.57 Å². The molecule has 1 fully saturated rings. The van der Waals surface area contributed by atoms with Crippen LogP contribution in [0.1, 0.15) is 18.4 Å². The zero-order chi connectivity index (χ0) is 19.3. The molecule has 1 N–H and O–H groups in total. The molecule has 0 bridgehead atoms. The number of hydrogen-bond acceptors (Lipinski definition) is 3. The van der Waals surface area contributed by atoms with Gasteiger partial charge in [0.25, 0.3) is 0 Å². The topological polar surface area (TPSA) is 66.8 Å². The third kappa shape index (κ3) is 5.47. The van der Waals surface area contributed by atoms with Gasteiger partial charge in [0.2, 0.25) is 5.91 Å². The number of rotatable bonds is 5. The van der Waals surface area contributed by atoms with Crippen molar-refractivity contribution in [3.05, 3.63) is 40.9 Å². The van der Waals surface area contributed by atoms with Crippen LogP contribution in [0.4, 0.5) is 13.2 Å². The lowest BCUT2D eigenvalue weighted by atomic mass is 10.0. The van der Waals surface area contributed by atoms with Crippen LogP contribution in [-0.2, 0) is 14.3 Å². The number of ether oxygens (including phenoxy) is 1. The Balaban J connectivity index is 2.36. The van der Waals surface area contributed by atoms with E-state index < -0.39 is 36.2 Å². The van der Waals surface area contributed by atoms with Crippen LogP contribution in [-0.4, -0.2) is 53.9 Å². The summed E-state index contributed by atoms with van der Waals surface area (Å²) in [6, 6.07) is 4.40. The van der Waals surface area contributed by atoms with Gasteiger partial charge in [-0.15, -0.1) is 0 Å². The standard InChI is InChI=1S/C17H17ClF3NO4/c18-12-3-1-11(2-4-12)14(17(19,20)21)9-15(23)22(10-16(24)25)13-5-7-26-8-6-13/h1-4,9,13H,5-8,10H2,(H,24,25)/b14-9-. The van der Waals surface area contributed by atoms with Crippen LogP contribution < -0.4 is 0 Å². The molecular formula is C17H17ClF3NO4. The number of benzene rings is 1. The molecule has 9 heteroatoms. The quantitative estimate of drug-likeness (QED) is 0.781. The molecule has 2 rings (SSSR count). The lowest BCUT2D eigenvalue weighted by Gasteiger charge is -2.32. The molecule has 0 saturated carbocycles. The summed E-state index contributed by atoms with van der Waals surface area (Å²) < 4.78 is 45.4. The summed E-state index contributed by atoms with van der Waals surface area (Å²) in [5.74, 6) is -2.29. The Labute approximate surface area is 153 Å². The maximum Gasteiger partial charge on any atom is 0.417 e. The van der Waals surface area contributed by atoms with Gasteiger partial charge in [-0.1, -0.05) is 23.7 Å². The Bertz CT molecular complexity index is 682. The number of hydrogen-bond donors (Lipinski definition) is 1. The first-order chi connectivity index (χ1) is 12.2. The summed E-state index contributed by atoms with van der Waals surface area (Å²) in [4.78, 5) is 24.5. The fourth-order valence-corrected chi connectivity index (χ4v) is 2.82. The molecule has 1 aromatic rings. The van der Waals surface area contributed by atoms with Crippen LogP contribution in [0.2, 0.25) is 5.02 Å². The highest BCUT2D eigenvalue weighted by Crippen LogP contribution is 2.34. The van der Waals surface area contributed by atoms with Gasteiger partial charge in [-0.2, -0.15) is 13.2 Å². The molecule has 0 spiro atoms. The minimum absolute atomic E-state index is 0.225. The number of carboxylic acid groups (broad SMARTS) is 1. The van der Waals surface area contributed by atoms with Crippen LogP contribution >= 0.6 is 11.6 Å². The molecular weight excluding hydrogens is 375 g/mol. The SMILES string of the molecule is O=C(O)CN(C(=O)/C=C(/c1ccc(Cl)cc1)C(F)(F)F)C1CCOCC1. The molecule has 1 aliphatic rings. The van der Waals surface area contributed by atoms with Crippen LogP contribution in [0.25, 0.3) is 5.57 Å². The van der Waals surface area contributed by atoms with Crippen molar-refractivity contribution in [3.8, 4) is 0 Å². The number of allylic oxidation sites excluding steroid dienone is 1. The Morgan fingerprint density at radius 3 is 2.31 bits per heavy atom. The second-order valence-corrected chi connectivity index (χ2v) is 6.20. The van der Waals surface area contributed by atoms with Crippen molar-refractivity contribution < 1.29 is 32.6 Å². The smallest absolute Gasteiger partial charge is 0.417 e. The van der Waals surface area contributed by atoms with Gasteiger partial charge in [-0.3, -0.25) is 9.59 Å². The summed E-state index contributed by atoms with van der Waals surface area (Å²) in [6.07, 6.45) is -3.60. The zero-order valence-corrected chi connectivity index (χ0v) is 14.4. The van der Waals surface area contributed by atoms with Crippen LogP contribution in [0, 0.1) is 0 Å². The molecule has 0 aliphatic carbocycles. The van der Waals surface area contributed by atoms with Gasteiger partial charge in [-0.25, -0.2) is 0 Å². The maximum absolute atomic E-state index is 13.4. The van der Waals surface area contributed by atoms with Crippen LogP contribution in [0.3, 0.4) is 0 Å². The predicted octanol–water partition coefficient (Wildman–Crippen LogP) is 3.38. The third-order valence-electron chi connectivity index (χ3n) is 3.95. The van der Waals surface area contributed by atoms with Gasteiger partial charge < -0.3 is 14.7 Å². The number of nitrogens with zero attached hydrogens (tertiary/aromatic N) is 1. The first-order valence-electron chi connectivity index (χ1n) is 7.83. The lowest BCUT2D eigenvalue weighted by Crippen LogP contribution is -2.45. The maximum atomic E-state index is 13.4. The first-order valence-corrected chi connectivity index (χ1v) is 8.21. The Morgan fingerprint density at radius 2 is 1.81 bits per heavy atom. The molecule has 1 aromatic carbocycles. The van der Waals surface area contributed by atoms with Gasteiger partial charge in [0.15, 0.2) is 0 Å². The fourth-order valence-electron chi connectivity index (χ4n) is 2.69. The molecule has 5 nitrogen and oxygen atoms in total. The number of aliphatic carboxylic acids is 1. The van der Waals surface area contributed by atoms with Crippen molar-refractivity contribution in [1.29, 1.82) is 0 Å². The molecule has 0 aromatic heterocycles. The largest absolute Gasteiger partial charge is 0.480 e. The van der Waals surface area contributed by atoms with E-state index in [4.69, 9.17) is 21.4 Å². The summed E-state index contributed by atoms with van der Waals surface area (Å²) >= 11 is 5.69. The number of amides is 1. The molecule has 142 valence electrons. The van der Waals surface area contributed by atoms with Gasteiger partial charge in [-0.05, 0) is 30.5 Å². The van der Waals surface area contributed by atoms with Gasteiger partial charge >= 0.3 is 12.1 Å². The number of halogens is 4. The Hall–Kier alpha value is -2.06. The van der Waals surface area contributed by atoms with Crippen molar-refractivity contribution in [1.82, 2.24) is 4.90 Å². The van der Waals surface area contributed by atoms with Crippen LogP contribution in [0.15, 0.2) is 30.3 Å². The van der Waals surface area contributed by atoms with Gasteiger partial charge in [0, 0.05) is 30.4 Å². The molecule has 26 heavy (non-hydrogen) atoms. The highest BCUT2D eigenvalue weighted by atomic mass is 35.5. The first kappa shape index (κ1) is 20.3. The highest BCUT2D eigenvalue weighted by Gasteiger charge is 2.36. The minimum atomic E-state index is -4.78. The van der Waals surface area contributed by atoms with E-state index in [1.54, 1.807) is 0 Å². The predicted molar refractivity (Wildman–Crippen MR) is 88.7 cm³/mol. The van der Waals surface area contributed by atoms with Crippen molar-refractivity contribution in [2.75, 3.05) is 19.8 Å². The average Bonchev–Trinajstić information content (AvgIpc) is 2.58. The highest BCUT2D eigenvalue weighted by molar-refractivity contribution is 6.30. The van der Waals surface area contributed by atoms with E-state index in [1.165, 1.54) is 12.1 Å². The second-order valence-electron chi connectivity index (χ2n) is 5.77. The van der Waals surface area contributed by atoms with Crippen molar-refractivity contribution in [2.45, 2.75) is 25.1 Å². The third-order valence-corrected chi connectivity index (χ3v) is 4.20. The molecule has 0 atom stereocenters. The summed E-state index contributed by atoms with van der Waals surface area (Å²) in [5.41, 5.74) is -1.38. The monoisotopic (exact) mass is 391 g/mol. The van der Waals surface area contributed by atoms with E-state index >= 15 is 0 Å². The second kappa shape index (κ2) is 8.55. The molecule has 1 amide bonds. The summed E-state index contributed by atoms with van der Waals surface area (Å²) in [5, 5.41) is 9.28. The lowest BCUT2D eigenvalue weighted by molar-refractivity contribution is -0.145. The van der Waals surface area contributed by atoms with E-state index in [0.717, 1.165) is 17.0 Å². The minimum Gasteiger partial charge on any atom is -0.480 e. The number of carbonyl (C=O) groups excluding carboxylic acids is 1.